The van der Waals surface area contributed by atoms with E-state index in [-0.39, 0.29) is 0 Å². The number of anilines is 3. The molecule has 0 saturated heterocycles. The van der Waals surface area contributed by atoms with Gasteiger partial charge in [0.15, 0.2) is 0 Å². The van der Waals surface area contributed by atoms with E-state index in [0.29, 0.717) is 0 Å². The predicted molar refractivity (Wildman–Crippen MR) is 227 cm³/mol. The molecule has 0 aliphatic rings. The number of para-hydroxylation sites is 1. The smallest absolute Gasteiger partial charge is 0.143 e. The molecule has 0 aliphatic carbocycles. The molecule has 11 aromatic rings. The van der Waals surface area contributed by atoms with Crippen LogP contribution in [0, 0.1) is 0 Å². The van der Waals surface area contributed by atoms with Gasteiger partial charge in [-0.15, -0.1) is 11.3 Å². The van der Waals surface area contributed by atoms with E-state index in [9.17, 15) is 0 Å². The molecule has 0 amide bonds. The summed E-state index contributed by atoms with van der Waals surface area (Å²) in [5.74, 6) is 0. The van der Waals surface area contributed by atoms with Crippen molar-refractivity contribution >= 4 is 92.1 Å². The molecule has 3 heteroatoms. The Morgan fingerprint density at radius 1 is 0.396 bits per heavy atom. The quantitative estimate of drug-likeness (QED) is 0.178. The Morgan fingerprint density at radius 3 is 1.98 bits per heavy atom. The Balaban J connectivity index is 1.14. The maximum atomic E-state index is 6.71. The summed E-state index contributed by atoms with van der Waals surface area (Å²) >= 11 is 1.85. The van der Waals surface area contributed by atoms with Crippen LogP contribution in [-0.2, 0) is 0 Å². The molecule has 9 aromatic carbocycles. The van der Waals surface area contributed by atoms with E-state index < -0.39 is 0 Å². The zero-order chi connectivity index (χ0) is 34.9. The number of hydrogen-bond donors (Lipinski definition) is 0. The lowest BCUT2D eigenvalue weighted by Gasteiger charge is -2.28. The standard InChI is InChI=1S/C50H31NOS/c1-2-12-35-30-36(21-20-32(35)10-1)33-22-26-38(27-23-33)51(45-17-9-18-46-49(45)42-28-24-34-11-3-4-14-40(34)50(42)52-46)44-16-7-5-13-39(44)37-25-29-48-43(31-37)41-15-6-8-19-47(41)53-48/h1-31H. The number of rotatable bonds is 5. The van der Waals surface area contributed by atoms with Crippen LogP contribution in [0.2, 0.25) is 0 Å². The summed E-state index contributed by atoms with van der Waals surface area (Å²) in [4.78, 5) is 2.42. The lowest BCUT2D eigenvalue weighted by atomic mass is 9.98. The first kappa shape index (κ1) is 30.0. The number of furan rings is 1. The minimum Gasteiger partial charge on any atom is -0.455 e. The van der Waals surface area contributed by atoms with Crippen LogP contribution < -0.4 is 4.90 Å². The third-order valence-corrected chi connectivity index (χ3v) is 11.8. The highest BCUT2D eigenvalue weighted by Gasteiger charge is 2.23. The number of hydrogen-bond acceptors (Lipinski definition) is 3. The van der Waals surface area contributed by atoms with E-state index in [2.05, 4.69) is 193 Å². The van der Waals surface area contributed by atoms with Crippen LogP contribution >= 0.6 is 11.3 Å². The Hall–Kier alpha value is -6.68. The van der Waals surface area contributed by atoms with Crippen molar-refractivity contribution in [1.29, 1.82) is 0 Å². The molecule has 0 unspecified atom stereocenters. The van der Waals surface area contributed by atoms with Crippen molar-refractivity contribution in [2.24, 2.45) is 0 Å². The zero-order valence-corrected chi connectivity index (χ0v) is 29.5. The summed E-state index contributed by atoms with van der Waals surface area (Å²) in [6.07, 6.45) is 0. The van der Waals surface area contributed by atoms with Crippen LogP contribution in [0.4, 0.5) is 17.1 Å². The Labute approximate surface area is 310 Å². The second-order valence-electron chi connectivity index (χ2n) is 13.7. The normalized spacial score (nSPS) is 11.8. The fourth-order valence-electron chi connectivity index (χ4n) is 8.11. The van der Waals surface area contributed by atoms with Crippen molar-refractivity contribution in [3.63, 3.8) is 0 Å². The van der Waals surface area contributed by atoms with Crippen molar-refractivity contribution < 1.29 is 4.42 Å². The van der Waals surface area contributed by atoms with Crippen LogP contribution in [-0.4, -0.2) is 0 Å². The van der Waals surface area contributed by atoms with Gasteiger partial charge in [-0.3, -0.25) is 0 Å². The molecule has 0 bridgehead atoms. The van der Waals surface area contributed by atoms with Gasteiger partial charge < -0.3 is 9.32 Å². The molecule has 2 heterocycles. The molecule has 2 nitrogen and oxygen atoms in total. The van der Waals surface area contributed by atoms with Crippen molar-refractivity contribution in [3.8, 4) is 22.3 Å². The first-order chi connectivity index (χ1) is 26.3. The Bertz CT molecular complexity index is 3190. The Kier molecular flexibility index (Phi) is 6.76. The molecule has 0 aliphatic heterocycles. The van der Waals surface area contributed by atoms with Gasteiger partial charge >= 0.3 is 0 Å². The van der Waals surface area contributed by atoms with Gasteiger partial charge in [0.1, 0.15) is 11.2 Å². The molecule has 11 rings (SSSR count). The van der Waals surface area contributed by atoms with Crippen LogP contribution in [0.3, 0.4) is 0 Å². The van der Waals surface area contributed by atoms with Gasteiger partial charge in [0, 0.05) is 42.2 Å². The molecule has 0 N–H and O–H groups in total. The number of benzene rings is 9. The molecule has 0 fully saturated rings. The summed E-state index contributed by atoms with van der Waals surface area (Å²) < 4.78 is 9.32. The van der Waals surface area contributed by atoms with Gasteiger partial charge in [-0.25, -0.2) is 0 Å². The van der Waals surface area contributed by atoms with E-state index in [1.807, 2.05) is 11.3 Å². The maximum absolute atomic E-state index is 6.71. The molecule has 0 radical (unpaired) electrons. The van der Waals surface area contributed by atoms with Gasteiger partial charge in [0.25, 0.3) is 0 Å². The third-order valence-electron chi connectivity index (χ3n) is 10.6. The third kappa shape index (κ3) is 4.86. The lowest BCUT2D eigenvalue weighted by Crippen LogP contribution is -2.11. The highest BCUT2D eigenvalue weighted by atomic mass is 32.1. The fourth-order valence-corrected chi connectivity index (χ4v) is 9.19. The number of thiophene rings is 1. The molecule has 0 spiro atoms. The van der Waals surface area contributed by atoms with Crippen LogP contribution in [0.5, 0.6) is 0 Å². The SMILES string of the molecule is c1ccc(N(c2ccc(-c3ccc4ccccc4c3)cc2)c2cccc3oc4c5ccccc5ccc4c23)c(-c2ccc3sc4ccccc4c3c2)c1. The first-order valence-electron chi connectivity index (χ1n) is 18.0. The first-order valence-corrected chi connectivity index (χ1v) is 18.8. The topological polar surface area (TPSA) is 16.4 Å². The van der Waals surface area contributed by atoms with E-state index in [4.69, 9.17) is 4.42 Å². The molecular formula is C50H31NOS. The summed E-state index contributed by atoms with van der Waals surface area (Å²) in [5, 5.41) is 9.58. The molecule has 0 saturated carbocycles. The summed E-state index contributed by atoms with van der Waals surface area (Å²) in [7, 11) is 0. The van der Waals surface area contributed by atoms with Gasteiger partial charge in [0.2, 0.25) is 0 Å². The van der Waals surface area contributed by atoms with E-state index in [1.54, 1.807) is 0 Å². The number of fused-ring (bicyclic) bond motifs is 9. The summed E-state index contributed by atoms with van der Waals surface area (Å²) in [6, 6.07) is 68.1. The minimum atomic E-state index is 0.871. The van der Waals surface area contributed by atoms with E-state index in [1.165, 1.54) is 58.6 Å². The van der Waals surface area contributed by atoms with Gasteiger partial charge in [-0.05, 0) is 93.5 Å². The van der Waals surface area contributed by atoms with Crippen LogP contribution in [0.25, 0.3) is 85.9 Å². The summed E-state index contributed by atoms with van der Waals surface area (Å²) in [5.41, 5.74) is 9.77. The lowest BCUT2D eigenvalue weighted by molar-refractivity contribution is 0.672. The minimum absolute atomic E-state index is 0.871. The monoisotopic (exact) mass is 693 g/mol. The predicted octanol–water partition coefficient (Wildman–Crippen LogP) is 15.1. The number of nitrogens with zero attached hydrogens (tertiary/aromatic N) is 1. The molecule has 0 atom stereocenters. The van der Waals surface area contributed by atoms with Crippen molar-refractivity contribution in [1.82, 2.24) is 0 Å². The van der Waals surface area contributed by atoms with Crippen molar-refractivity contribution in [2.45, 2.75) is 0 Å². The Morgan fingerprint density at radius 2 is 1.08 bits per heavy atom. The highest BCUT2D eigenvalue weighted by Crippen LogP contribution is 2.47. The summed E-state index contributed by atoms with van der Waals surface area (Å²) in [6.45, 7) is 0. The largest absolute Gasteiger partial charge is 0.455 e. The molecule has 248 valence electrons. The second kappa shape index (κ2) is 11.9. The van der Waals surface area contributed by atoms with Gasteiger partial charge in [-0.1, -0.05) is 127 Å². The maximum Gasteiger partial charge on any atom is 0.143 e. The van der Waals surface area contributed by atoms with Crippen molar-refractivity contribution in [3.05, 3.63) is 188 Å². The zero-order valence-electron chi connectivity index (χ0n) is 28.7. The molecule has 53 heavy (non-hydrogen) atoms. The highest BCUT2D eigenvalue weighted by molar-refractivity contribution is 7.25. The van der Waals surface area contributed by atoms with E-state index >= 15 is 0 Å². The molecular weight excluding hydrogens is 663 g/mol. The van der Waals surface area contributed by atoms with Crippen molar-refractivity contribution in [2.75, 3.05) is 4.90 Å². The van der Waals surface area contributed by atoms with E-state index in [0.717, 1.165) is 44.4 Å². The average Bonchev–Trinajstić information content (AvgIpc) is 3.80. The van der Waals surface area contributed by atoms with Gasteiger partial charge in [0.05, 0.1) is 16.8 Å². The molecule has 2 aromatic heterocycles. The second-order valence-corrected chi connectivity index (χ2v) is 14.8. The van der Waals surface area contributed by atoms with Gasteiger partial charge in [-0.2, -0.15) is 0 Å². The van der Waals surface area contributed by atoms with Crippen LogP contribution in [0.1, 0.15) is 0 Å². The van der Waals surface area contributed by atoms with Crippen LogP contribution in [0.15, 0.2) is 192 Å². The average molecular weight is 694 g/mol. The fraction of sp³-hybridized carbons (Fsp3) is 0.